The van der Waals surface area contributed by atoms with Crippen LogP contribution in [0.15, 0.2) is 84.9 Å². The molecule has 0 bridgehead atoms. The van der Waals surface area contributed by atoms with Crippen LogP contribution in [-0.4, -0.2) is 36.1 Å². The topological polar surface area (TPSA) is 19.4 Å². The highest BCUT2D eigenvalue weighted by Gasteiger charge is 2.30. The molecule has 0 amide bonds. The van der Waals surface area contributed by atoms with Crippen molar-refractivity contribution in [2.75, 3.05) is 31.1 Å². The van der Waals surface area contributed by atoms with Crippen molar-refractivity contribution in [3.63, 3.8) is 0 Å². The second-order valence-corrected chi connectivity index (χ2v) is 8.40. The van der Waals surface area contributed by atoms with Gasteiger partial charge in [0.05, 0.1) is 11.1 Å². The van der Waals surface area contributed by atoms with Crippen molar-refractivity contribution in [1.29, 1.82) is 0 Å². The second kappa shape index (κ2) is 8.87. The fourth-order valence-electron chi connectivity index (χ4n) is 4.28. The van der Waals surface area contributed by atoms with Crippen LogP contribution in [0.4, 0.5) is 19.0 Å². The summed E-state index contributed by atoms with van der Waals surface area (Å²) >= 11 is 0. The van der Waals surface area contributed by atoms with E-state index in [-0.39, 0.29) is 0 Å². The monoisotopic (exact) mass is 447 g/mol. The van der Waals surface area contributed by atoms with E-state index in [1.807, 2.05) is 30.3 Å². The van der Waals surface area contributed by atoms with Crippen molar-refractivity contribution in [2.24, 2.45) is 0 Å². The Morgan fingerprint density at radius 2 is 1.33 bits per heavy atom. The van der Waals surface area contributed by atoms with Gasteiger partial charge in [-0.1, -0.05) is 54.6 Å². The molecule has 0 saturated carbocycles. The number of halogens is 3. The first-order valence-corrected chi connectivity index (χ1v) is 11.1. The van der Waals surface area contributed by atoms with Crippen LogP contribution in [0, 0.1) is 0 Å². The number of hydrogen-bond acceptors (Lipinski definition) is 3. The van der Waals surface area contributed by atoms with Gasteiger partial charge in [-0.15, -0.1) is 0 Å². The van der Waals surface area contributed by atoms with E-state index in [4.69, 9.17) is 4.98 Å². The molecule has 0 unspecified atom stereocenters. The maximum atomic E-state index is 12.8. The van der Waals surface area contributed by atoms with Crippen LogP contribution in [0.25, 0.3) is 22.0 Å². The average Bonchev–Trinajstić information content (AvgIpc) is 2.84. The molecule has 168 valence electrons. The van der Waals surface area contributed by atoms with Crippen LogP contribution in [0.1, 0.15) is 11.1 Å². The van der Waals surface area contributed by atoms with E-state index < -0.39 is 11.7 Å². The first-order valence-electron chi connectivity index (χ1n) is 11.1. The molecule has 0 atom stereocenters. The number of alkyl halides is 3. The fourth-order valence-corrected chi connectivity index (χ4v) is 4.28. The molecule has 1 fully saturated rings. The van der Waals surface area contributed by atoms with Gasteiger partial charge in [0.25, 0.3) is 0 Å². The largest absolute Gasteiger partial charge is 0.416 e. The molecule has 0 spiro atoms. The summed E-state index contributed by atoms with van der Waals surface area (Å²) in [4.78, 5) is 9.56. The Morgan fingerprint density at radius 1 is 0.697 bits per heavy atom. The van der Waals surface area contributed by atoms with Crippen LogP contribution in [-0.2, 0) is 12.7 Å². The van der Waals surface area contributed by atoms with Gasteiger partial charge in [0.2, 0.25) is 0 Å². The normalized spacial score (nSPS) is 15.2. The van der Waals surface area contributed by atoms with Gasteiger partial charge < -0.3 is 4.90 Å². The lowest BCUT2D eigenvalue weighted by atomic mass is 10.0. The molecular formula is C27H24F3N3. The minimum absolute atomic E-state index is 0.624. The maximum absolute atomic E-state index is 12.8. The highest BCUT2D eigenvalue weighted by atomic mass is 19.4. The van der Waals surface area contributed by atoms with E-state index in [9.17, 15) is 13.2 Å². The summed E-state index contributed by atoms with van der Waals surface area (Å²) < 4.78 is 38.3. The number of fused-ring (bicyclic) bond motifs is 1. The predicted molar refractivity (Wildman–Crippen MR) is 126 cm³/mol. The van der Waals surface area contributed by atoms with Crippen molar-refractivity contribution in [1.82, 2.24) is 9.88 Å². The average molecular weight is 448 g/mol. The van der Waals surface area contributed by atoms with Crippen molar-refractivity contribution < 1.29 is 13.2 Å². The molecule has 0 radical (unpaired) electrons. The summed E-state index contributed by atoms with van der Waals surface area (Å²) in [7, 11) is 0. The van der Waals surface area contributed by atoms with Crippen LogP contribution in [0.3, 0.4) is 0 Å². The van der Waals surface area contributed by atoms with Gasteiger partial charge in [0.15, 0.2) is 0 Å². The molecule has 5 rings (SSSR count). The first-order chi connectivity index (χ1) is 16.0. The van der Waals surface area contributed by atoms with Crippen LogP contribution < -0.4 is 4.90 Å². The zero-order valence-electron chi connectivity index (χ0n) is 18.1. The molecule has 0 N–H and O–H groups in total. The summed E-state index contributed by atoms with van der Waals surface area (Å²) in [6, 6.07) is 25.8. The van der Waals surface area contributed by atoms with Gasteiger partial charge in [0, 0.05) is 38.1 Å². The molecule has 3 nitrogen and oxygen atoms in total. The summed E-state index contributed by atoms with van der Waals surface area (Å²) in [6.45, 7) is 4.61. The molecule has 3 aromatic carbocycles. The van der Waals surface area contributed by atoms with Crippen molar-refractivity contribution in [3.8, 4) is 11.1 Å². The van der Waals surface area contributed by atoms with Gasteiger partial charge in [-0.3, -0.25) is 4.90 Å². The molecule has 2 heterocycles. The van der Waals surface area contributed by atoms with Gasteiger partial charge >= 0.3 is 6.18 Å². The Bertz CT molecular complexity index is 1230. The SMILES string of the molecule is FC(F)(F)c1ccc(-c2ccc(CN3CCN(c4ccc5ccccc5n4)CC3)cc2)cc1. The lowest BCUT2D eigenvalue weighted by Crippen LogP contribution is -2.46. The lowest BCUT2D eigenvalue weighted by molar-refractivity contribution is -0.137. The number of pyridine rings is 1. The number of para-hydroxylation sites is 1. The fraction of sp³-hybridized carbons (Fsp3) is 0.222. The highest BCUT2D eigenvalue weighted by molar-refractivity contribution is 5.80. The number of aromatic nitrogens is 1. The van der Waals surface area contributed by atoms with Crippen LogP contribution in [0.5, 0.6) is 0 Å². The quantitative estimate of drug-likeness (QED) is 0.369. The number of rotatable bonds is 4. The van der Waals surface area contributed by atoms with E-state index in [1.54, 1.807) is 0 Å². The van der Waals surface area contributed by atoms with Gasteiger partial charge in [-0.25, -0.2) is 4.98 Å². The van der Waals surface area contributed by atoms with Crippen molar-refractivity contribution in [2.45, 2.75) is 12.7 Å². The molecule has 33 heavy (non-hydrogen) atoms. The minimum Gasteiger partial charge on any atom is -0.354 e. The van der Waals surface area contributed by atoms with E-state index >= 15 is 0 Å². The third-order valence-corrected chi connectivity index (χ3v) is 6.19. The van der Waals surface area contributed by atoms with E-state index in [1.165, 1.54) is 17.7 Å². The zero-order valence-corrected chi connectivity index (χ0v) is 18.1. The lowest BCUT2D eigenvalue weighted by Gasteiger charge is -2.35. The summed E-state index contributed by atoms with van der Waals surface area (Å²) in [5.41, 5.74) is 3.29. The number of benzene rings is 3. The van der Waals surface area contributed by atoms with Gasteiger partial charge in [-0.05, 0) is 47.0 Å². The Hall–Kier alpha value is -3.38. The standard InChI is InChI=1S/C27H24F3N3/c28-27(29,30)24-12-9-22(10-13-24)21-7-5-20(6-8-21)19-32-15-17-33(18-16-32)26-14-11-23-3-1-2-4-25(23)31-26/h1-14H,15-19H2. The van der Waals surface area contributed by atoms with Crippen molar-refractivity contribution in [3.05, 3.63) is 96.1 Å². The maximum Gasteiger partial charge on any atom is 0.416 e. The van der Waals surface area contributed by atoms with Gasteiger partial charge in [-0.2, -0.15) is 13.2 Å². The molecule has 1 saturated heterocycles. The summed E-state index contributed by atoms with van der Waals surface area (Å²) in [5, 5.41) is 1.15. The molecule has 1 aromatic heterocycles. The smallest absolute Gasteiger partial charge is 0.354 e. The molecule has 0 aliphatic carbocycles. The number of piperazine rings is 1. The van der Waals surface area contributed by atoms with Crippen LogP contribution >= 0.6 is 0 Å². The van der Waals surface area contributed by atoms with E-state index in [2.05, 4.69) is 40.1 Å². The highest BCUT2D eigenvalue weighted by Crippen LogP contribution is 2.31. The Labute approximate surface area is 191 Å². The minimum atomic E-state index is -4.31. The first kappa shape index (κ1) is 21.5. The van der Waals surface area contributed by atoms with E-state index in [0.29, 0.717) is 0 Å². The Morgan fingerprint density at radius 3 is 2.00 bits per heavy atom. The number of hydrogen-bond donors (Lipinski definition) is 0. The Balaban J connectivity index is 1.18. The zero-order chi connectivity index (χ0) is 22.8. The van der Waals surface area contributed by atoms with Crippen LogP contribution in [0.2, 0.25) is 0 Å². The summed E-state index contributed by atoms with van der Waals surface area (Å²) in [5.74, 6) is 1.02. The molecule has 1 aliphatic rings. The van der Waals surface area contributed by atoms with Gasteiger partial charge in [0.1, 0.15) is 5.82 Å². The number of anilines is 1. The third kappa shape index (κ3) is 4.86. The van der Waals surface area contributed by atoms with Crippen molar-refractivity contribution >= 4 is 16.7 Å². The second-order valence-electron chi connectivity index (χ2n) is 8.40. The van der Waals surface area contributed by atoms with E-state index in [0.717, 1.165) is 72.7 Å². The predicted octanol–water partition coefficient (Wildman–Crippen LogP) is 6.24. The Kier molecular flexibility index (Phi) is 5.77. The molecule has 6 heteroatoms. The molecule has 1 aliphatic heterocycles. The molecular weight excluding hydrogens is 423 g/mol. The molecule has 4 aromatic rings. The summed E-state index contributed by atoms with van der Waals surface area (Å²) in [6.07, 6.45) is -4.31. The number of nitrogens with zero attached hydrogens (tertiary/aromatic N) is 3. The third-order valence-electron chi connectivity index (χ3n) is 6.19.